The van der Waals surface area contributed by atoms with Crippen molar-refractivity contribution in [2.24, 2.45) is 17.6 Å². The van der Waals surface area contributed by atoms with Crippen LogP contribution in [0.25, 0.3) is 0 Å². The lowest BCUT2D eigenvalue weighted by molar-refractivity contribution is -0.128. The van der Waals surface area contributed by atoms with E-state index in [2.05, 4.69) is 19.2 Å². The molecule has 2 rings (SSSR count). The number of amides is 2. The van der Waals surface area contributed by atoms with Crippen LogP contribution in [-0.2, 0) is 4.79 Å². The number of likely N-dealkylation sites (tertiary alicyclic amines) is 1. The van der Waals surface area contributed by atoms with Crippen molar-refractivity contribution in [3.63, 3.8) is 0 Å². The van der Waals surface area contributed by atoms with Gasteiger partial charge >= 0.3 is 0 Å². The third-order valence-corrected chi connectivity index (χ3v) is 4.83. The highest BCUT2D eigenvalue weighted by molar-refractivity contribution is 5.94. The Labute approximate surface area is 163 Å². The largest absolute Gasteiger partial charge is 0.349 e. The fourth-order valence-corrected chi connectivity index (χ4v) is 3.62. The van der Waals surface area contributed by atoms with Gasteiger partial charge in [0.05, 0.1) is 5.92 Å². The predicted molar refractivity (Wildman–Crippen MR) is 107 cm³/mol. The SMILES string of the molecule is CC(C)CC(C)(CN)NC(=O)C1CCCN(C(=O)c2ccccc2)C1.Cl. The molecule has 1 heterocycles. The average Bonchev–Trinajstić information content (AvgIpc) is 2.61. The van der Waals surface area contributed by atoms with Crippen LogP contribution in [0.15, 0.2) is 30.3 Å². The number of benzene rings is 1. The van der Waals surface area contributed by atoms with Crippen LogP contribution in [-0.4, -0.2) is 41.9 Å². The Morgan fingerprint density at radius 2 is 1.96 bits per heavy atom. The van der Waals surface area contributed by atoms with Crippen molar-refractivity contribution in [2.45, 2.75) is 45.6 Å². The van der Waals surface area contributed by atoms with E-state index < -0.39 is 5.54 Å². The molecule has 1 fully saturated rings. The molecular formula is C20H32ClN3O2. The number of hydrogen-bond acceptors (Lipinski definition) is 3. The second kappa shape index (κ2) is 9.93. The Kier molecular flexibility index (Phi) is 8.57. The minimum Gasteiger partial charge on any atom is -0.349 e. The van der Waals surface area contributed by atoms with Crippen molar-refractivity contribution in [1.29, 1.82) is 0 Å². The number of carbonyl (C=O) groups excluding carboxylic acids is 2. The molecule has 1 aromatic carbocycles. The number of piperidine rings is 1. The van der Waals surface area contributed by atoms with E-state index in [4.69, 9.17) is 5.73 Å². The maximum Gasteiger partial charge on any atom is 0.253 e. The Morgan fingerprint density at radius 3 is 2.54 bits per heavy atom. The molecule has 1 aliphatic rings. The number of nitrogens with zero attached hydrogens (tertiary/aromatic N) is 1. The van der Waals surface area contributed by atoms with Crippen molar-refractivity contribution in [1.82, 2.24) is 10.2 Å². The van der Waals surface area contributed by atoms with Gasteiger partial charge in [-0.1, -0.05) is 32.0 Å². The second-order valence-corrected chi connectivity index (χ2v) is 7.81. The lowest BCUT2D eigenvalue weighted by Gasteiger charge is -2.36. The van der Waals surface area contributed by atoms with E-state index in [1.807, 2.05) is 37.3 Å². The first-order valence-electron chi connectivity index (χ1n) is 9.21. The van der Waals surface area contributed by atoms with E-state index in [-0.39, 0.29) is 30.1 Å². The third kappa shape index (κ3) is 5.99. The van der Waals surface area contributed by atoms with E-state index in [0.717, 1.165) is 19.3 Å². The number of halogens is 1. The molecule has 26 heavy (non-hydrogen) atoms. The molecule has 0 bridgehead atoms. The van der Waals surface area contributed by atoms with Crippen LogP contribution < -0.4 is 11.1 Å². The minimum atomic E-state index is -0.392. The molecule has 1 aromatic rings. The minimum absolute atomic E-state index is 0. The Morgan fingerprint density at radius 1 is 1.31 bits per heavy atom. The Bertz CT molecular complexity index is 594. The van der Waals surface area contributed by atoms with Gasteiger partial charge in [-0.2, -0.15) is 0 Å². The van der Waals surface area contributed by atoms with Crippen LogP contribution in [0.1, 0.15) is 50.4 Å². The molecule has 0 aliphatic carbocycles. The topological polar surface area (TPSA) is 75.4 Å². The van der Waals surface area contributed by atoms with Crippen LogP contribution >= 0.6 is 12.4 Å². The summed E-state index contributed by atoms with van der Waals surface area (Å²) in [5, 5.41) is 3.14. The molecule has 3 N–H and O–H groups in total. The summed E-state index contributed by atoms with van der Waals surface area (Å²) in [4.78, 5) is 27.2. The summed E-state index contributed by atoms with van der Waals surface area (Å²) in [5.41, 5.74) is 6.19. The summed E-state index contributed by atoms with van der Waals surface area (Å²) < 4.78 is 0. The smallest absolute Gasteiger partial charge is 0.253 e. The van der Waals surface area contributed by atoms with Crippen molar-refractivity contribution >= 4 is 24.2 Å². The van der Waals surface area contributed by atoms with Crippen molar-refractivity contribution in [3.05, 3.63) is 35.9 Å². The quantitative estimate of drug-likeness (QED) is 0.795. The van der Waals surface area contributed by atoms with Gasteiger partial charge in [0.1, 0.15) is 0 Å². The summed E-state index contributed by atoms with van der Waals surface area (Å²) in [6, 6.07) is 9.26. The average molecular weight is 382 g/mol. The van der Waals surface area contributed by atoms with Gasteiger partial charge < -0.3 is 16.0 Å². The summed E-state index contributed by atoms with van der Waals surface area (Å²) >= 11 is 0. The van der Waals surface area contributed by atoms with Crippen LogP contribution in [0.5, 0.6) is 0 Å². The molecule has 0 radical (unpaired) electrons. The van der Waals surface area contributed by atoms with E-state index >= 15 is 0 Å². The number of rotatable bonds is 6. The summed E-state index contributed by atoms with van der Waals surface area (Å²) in [6.45, 7) is 7.85. The molecule has 0 spiro atoms. The maximum absolute atomic E-state index is 12.8. The van der Waals surface area contributed by atoms with Gasteiger partial charge in [-0.3, -0.25) is 9.59 Å². The van der Waals surface area contributed by atoms with Crippen LogP contribution in [0.2, 0.25) is 0 Å². The maximum atomic E-state index is 12.8. The molecule has 146 valence electrons. The highest BCUT2D eigenvalue weighted by atomic mass is 35.5. The van der Waals surface area contributed by atoms with Gasteiger partial charge in [0, 0.05) is 30.7 Å². The predicted octanol–water partition coefficient (Wildman–Crippen LogP) is 2.84. The van der Waals surface area contributed by atoms with E-state index in [1.165, 1.54) is 0 Å². The highest BCUT2D eigenvalue weighted by Gasteiger charge is 2.33. The Balaban J connectivity index is 0.00000338. The molecule has 0 aromatic heterocycles. The van der Waals surface area contributed by atoms with Crippen molar-refractivity contribution in [3.8, 4) is 0 Å². The van der Waals surface area contributed by atoms with Gasteiger partial charge in [-0.15, -0.1) is 12.4 Å². The molecule has 0 saturated carbocycles. The van der Waals surface area contributed by atoms with Crippen molar-refractivity contribution < 1.29 is 9.59 Å². The standard InChI is InChI=1S/C20H31N3O2.ClH/c1-15(2)12-20(3,14-21)22-18(24)17-10-7-11-23(13-17)19(25)16-8-5-4-6-9-16;/h4-6,8-9,15,17H,7,10-14,21H2,1-3H3,(H,22,24);1H. The normalized spacial score (nSPS) is 19.4. The van der Waals surface area contributed by atoms with Crippen molar-refractivity contribution in [2.75, 3.05) is 19.6 Å². The zero-order valence-electron chi connectivity index (χ0n) is 16.0. The van der Waals surface area contributed by atoms with Gasteiger partial charge in [0.15, 0.2) is 0 Å². The van der Waals surface area contributed by atoms with Gasteiger partial charge in [0.2, 0.25) is 5.91 Å². The third-order valence-electron chi connectivity index (χ3n) is 4.83. The lowest BCUT2D eigenvalue weighted by atomic mass is 9.89. The van der Waals surface area contributed by atoms with Gasteiger partial charge in [0.25, 0.3) is 5.91 Å². The molecule has 2 atom stereocenters. The van der Waals surface area contributed by atoms with E-state index in [0.29, 0.717) is 31.1 Å². The molecule has 6 heteroatoms. The van der Waals surface area contributed by atoms with Gasteiger partial charge in [-0.25, -0.2) is 0 Å². The zero-order chi connectivity index (χ0) is 18.4. The molecular weight excluding hydrogens is 350 g/mol. The van der Waals surface area contributed by atoms with E-state index in [1.54, 1.807) is 4.90 Å². The van der Waals surface area contributed by atoms with Gasteiger partial charge in [-0.05, 0) is 44.2 Å². The molecule has 2 unspecified atom stereocenters. The van der Waals surface area contributed by atoms with Crippen LogP contribution in [0, 0.1) is 11.8 Å². The highest BCUT2D eigenvalue weighted by Crippen LogP contribution is 2.21. The number of nitrogens with one attached hydrogen (secondary N) is 1. The fraction of sp³-hybridized carbons (Fsp3) is 0.600. The second-order valence-electron chi connectivity index (χ2n) is 7.81. The van der Waals surface area contributed by atoms with E-state index in [9.17, 15) is 9.59 Å². The molecule has 2 amide bonds. The lowest BCUT2D eigenvalue weighted by Crippen LogP contribution is -2.55. The Hall–Kier alpha value is -1.59. The number of carbonyl (C=O) groups is 2. The first-order chi connectivity index (χ1) is 11.8. The summed E-state index contributed by atoms with van der Waals surface area (Å²) in [5.74, 6) is 0.303. The van der Waals surface area contributed by atoms with Crippen LogP contribution in [0.4, 0.5) is 0 Å². The first kappa shape index (κ1) is 22.5. The zero-order valence-corrected chi connectivity index (χ0v) is 16.8. The summed E-state index contributed by atoms with van der Waals surface area (Å²) in [6.07, 6.45) is 2.50. The molecule has 1 saturated heterocycles. The molecule has 5 nitrogen and oxygen atoms in total. The molecule has 1 aliphatic heterocycles. The number of nitrogens with two attached hydrogens (primary N) is 1. The monoisotopic (exact) mass is 381 g/mol. The first-order valence-corrected chi connectivity index (χ1v) is 9.21. The number of hydrogen-bond donors (Lipinski definition) is 2. The summed E-state index contributed by atoms with van der Waals surface area (Å²) in [7, 11) is 0. The fourth-order valence-electron chi connectivity index (χ4n) is 3.62. The van der Waals surface area contributed by atoms with Crippen LogP contribution in [0.3, 0.4) is 0 Å².